The first-order valence-corrected chi connectivity index (χ1v) is 2.78. The maximum Gasteiger partial charge on any atom is 0.315 e. The molecule has 1 heterocycles. The monoisotopic (exact) mass is 143 g/mol. The molecule has 0 radical (unpaired) electrons. The Labute approximate surface area is 56.3 Å². The van der Waals surface area contributed by atoms with E-state index in [0.717, 1.165) is 0 Å². The standard InChI is InChI=1S/C5H5NO4/c7-4-1-3(6-9)2-5(8)10-4/h3H,1-2H2. The van der Waals surface area contributed by atoms with Crippen LogP contribution in [-0.2, 0) is 14.3 Å². The van der Waals surface area contributed by atoms with Crippen molar-refractivity contribution in [3.63, 3.8) is 0 Å². The van der Waals surface area contributed by atoms with Crippen LogP contribution in [-0.4, -0.2) is 18.0 Å². The summed E-state index contributed by atoms with van der Waals surface area (Å²) in [5.41, 5.74) is 0. The summed E-state index contributed by atoms with van der Waals surface area (Å²) in [6.45, 7) is 0. The zero-order valence-electron chi connectivity index (χ0n) is 5.07. The van der Waals surface area contributed by atoms with E-state index in [1.165, 1.54) is 0 Å². The lowest BCUT2D eigenvalue weighted by molar-refractivity contribution is -0.163. The molecule has 0 bridgehead atoms. The highest BCUT2D eigenvalue weighted by Crippen LogP contribution is 2.11. The molecule has 5 nitrogen and oxygen atoms in total. The molecule has 0 aromatic rings. The topological polar surface area (TPSA) is 72.8 Å². The van der Waals surface area contributed by atoms with E-state index >= 15 is 0 Å². The minimum absolute atomic E-state index is 0.0742. The molecule has 0 aliphatic carbocycles. The van der Waals surface area contributed by atoms with E-state index in [4.69, 9.17) is 0 Å². The zero-order valence-corrected chi connectivity index (χ0v) is 5.07. The molecule has 54 valence electrons. The predicted octanol–water partition coefficient (Wildman–Crippen LogP) is -0.0150. The van der Waals surface area contributed by atoms with Crippen LogP contribution < -0.4 is 0 Å². The lowest BCUT2D eigenvalue weighted by atomic mass is 10.1. The van der Waals surface area contributed by atoms with Gasteiger partial charge in [0.15, 0.2) is 0 Å². The Morgan fingerprint density at radius 1 is 1.30 bits per heavy atom. The van der Waals surface area contributed by atoms with Crippen molar-refractivity contribution in [2.24, 2.45) is 5.18 Å². The molecule has 1 rings (SSSR count). The minimum Gasteiger partial charge on any atom is -0.393 e. The third-order valence-electron chi connectivity index (χ3n) is 1.18. The van der Waals surface area contributed by atoms with Crippen LogP contribution in [0.1, 0.15) is 12.8 Å². The van der Waals surface area contributed by atoms with Crippen molar-refractivity contribution in [2.45, 2.75) is 18.9 Å². The SMILES string of the molecule is O=NC1CC(=O)OC(=O)C1. The molecule has 5 heteroatoms. The molecule has 10 heavy (non-hydrogen) atoms. The van der Waals surface area contributed by atoms with Crippen molar-refractivity contribution in [1.29, 1.82) is 0 Å². The summed E-state index contributed by atoms with van der Waals surface area (Å²) in [5.74, 6) is -1.33. The van der Waals surface area contributed by atoms with E-state index in [1.807, 2.05) is 0 Å². The molecule has 0 atom stereocenters. The third-order valence-corrected chi connectivity index (χ3v) is 1.18. The molecule has 0 N–H and O–H groups in total. The van der Waals surface area contributed by atoms with Crippen LogP contribution in [0.15, 0.2) is 5.18 Å². The maximum absolute atomic E-state index is 10.4. The van der Waals surface area contributed by atoms with E-state index in [2.05, 4.69) is 9.91 Å². The Morgan fingerprint density at radius 3 is 2.20 bits per heavy atom. The van der Waals surface area contributed by atoms with Gasteiger partial charge in [0.05, 0.1) is 12.8 Å². The van der Waals surface area contributed by atoms with E-state index in [1.54, 1.807) is 0 Å². The van der Waals surface area contributed by atoms with Gasteiger partial charge in [-0.3, -0.25) is 9.59 Å². The summed E-state index contributed by atoms with van der Waals surface area (Å²) < 4.78 is 4.14. The first kappa shape index (κ1) is 6.85. The van der Waals surface area contributed by atoms with Crippen LogP contribution in [0, 0.1) is 4.91 Å². The van der Waals surface area contributed by atoms with Gasteiger partial charge in [0.2, 0.25) is 0 Å². The zero-order chi connectivity index (χ0) is 7.56. The van der Waals surface area contributed by atoms with Crippen molar-refractivity contribution in [3.8, 4) is 0 Å². The number of rotatable bonds is 1. The van der Waals surface area contributed by atoms with Crippen LogP contribution in [0.25, 0.3) is 0 Å². The Kier molecular flexibility index (Phi) is 1.75. The van der Waals surface area contributed by atoms with Gasteiger partial charge < -0.3 is 4.74 Å². The highest BCUT2D eigenvalue weighted by Gasteiger charge is 2.27. The average molecular weight is 143 g/mol. The second-order valence-electron chi connectivity index (χ2n) is 2.01. The number of esters is 2. The van der Waals surface area contributed by atoms with Gasteiger partial charge in [0.1, 0.15) is 6.04 Å². The number of cyclic esters (lactones) is 2. The number of hydrogen-bond acceptors (Lipinski definition) is 5. The molecular weight excluding hydrogens is 138 g/mol. The normalized spacial score (nSPS) is 20.4. The lowest BCUT2D eigenvalue weighted by Gasteiger charge is -2.12. The summed E-state index contributed by atoms with van der Waals surface area (Å²) in [5, 5.41) is 2.58. The van der Waals surface area contributed by atoms with Crippen molar-refractivity contribution in [3.05, 3.63) is 4.91 Å². The van der Waals surface area contributed by atoms with Gasteiger partial charge in [-0.05, 0) is 0 Å². The van der Waals surface area contributed by atoms with Crippen LogP contribution in [0.3, 0.4) is 0 Å². The quantitative estimate of drug-likeness (QED) is 0.294. The van der Waals surface area contributed by atoms with Crippen LogP contribution in [0.2, 0.25) is 0 Å². The van der Waals surface area contributed by atoms with Crippen LogP contribution in [0.5, 0.6) is 0 Å². The van der Waals surface area contributed by atoms with Crippen LogP contribution >= 0.6 is 0 Å². The smallest absolute Gasteiger partial charge is 0.315 e. The number of nitroso groups, excluding NO2 is 1. The first-order chi connectivity index (χ1) is 4.72. The summed E-state index contributed by atoms with van der Waals surface area (Å²) >= 11 is 0. The van der Waals surface area contributed by atoms with Crippen molar-refractivity contribution in [2.75, 3.05) is 0 Å². The molecule has 0 unspecified atom stereocenters. The number of ether oxygens (including phenoxy) is 1. The molecule has 1 aliphatic heterocycles. The van der Waals surface area contributed by atoms with Gasteiger partial charge >= 0.3 is 11.9 Å². The highest BCUT2D eigenvalue weighted by molar-refractivity contribution is 5.89. The summed E-state index contributed by atoms with van der Waals surface area (Å²) in [6, 6.07) is -0.714. The van der Waals surface area contributed by atoms with Gasteiger partial charge in [-0.1, -0.05) is 5.18 Å². The molecule has 0 aromatic carbocycles. The van der Waals surface area contributed by atoms with Gasteiger partial charge in [-0.25, -0.2) is 0 Å². The fourth-order valence-electron chi connectivity index (χ4n) is 0.742. The third kappa shape index (κ3) is 1.37. The molecular formula is C5H5NO4. The number of hydrogen-bond donors (Lipinski definition) is 0. The summed E-state index contributed by atoms with van der Waals surface area (Å²) in [7, 11) is 0. The fraction of sp³-hybridized carbons (Fsp3) is 0.600. The molecule has 0 spiro atoms. The van der Waals surface area contributed by atoms with E-state index in [-0.39, 0.29) is 12.8 Å². The van der Waals surface area contributed by atoms with Crippen LogP contribution in [0.4, 0.5) is 0 Å². The number of carbonyl (C=O) groups is 2. The predicted molar refractivity (Wildman–Crippen MR) is 29.9 cm³/mol. The average Bonchev–Trinajstić information content (AvgIpc) is 1.85. The van der Waals surface area contributed by atoms with Gasteiger partial charge in [0.25, 0.3) is 0 Å². The van der Waals surface area contributed by atoms with E-state index in [0.29, 0.717) is 0 Å². The highest BCUT2D eigenvalue weighted by atomic mass is 16.6. The Hall–Kier alpha value is -1.26. The summed E-state index contributed by atoms with van der Waals surface area (Å²) in [6.07, 6.45) is -0.148. The van der Waals surface area contributed by atoms with Gasteiger partial charge in [0, 0.05) is 0 Å². The van der Waals surface area contributed by atoms with Gasteiger partial charge in [-0.2, -0.15) is 4.91 Å². The number of carbonyl (C=O) groups excluding carboxylic acids is 2. The Bertz CT molecular complexity index is 172. The molecule has 1 saturated heterocycles. The second kappa shape index (κ2) is 2.55. The fourth-order valence-corrected chi connectivity index (χ4v) is 0.742. The second-order valence-corrected chi connectivity index (χ2v) is 2.01. The summed E-state index contributed by atoms with van der Waals surface area (Å²) in [4.78, 5) is 30.6. The van der Waals surface area contributed by atoms with Gasteiger partial charge in [-0.15, -0.1) is 0 Å². The van der Waals surface area contributed by atoms with Crippen molar-refractivity contribution >= 4 is 11.9 Å². The number of nitrogens with zero attached hydrogens (tertiary/aromatic N) is 1. The molecule has 0 saturated carbocycles. The van der Waals surface area contributed by atoms with Crippen molar-refractivity contribution in [1.82, 2.24) is 0 Å². The molecule has 1 fully saturated rings. The lowest BCUT2D eigenvalue weighted by Crippen LogP contribution is -2.27. The minimum atomic E-state index is -0.714. The molecule has 0 amide bonds. The van der Waals surface area contributed by atoms with E-state index < -0.39 is 18.0 Å². The molecule has 0 aromatic heterocycles. The maximum atomic E-state index is 10.4. The Balaban J connectivity index is 2.58. The first-order valence-electron chi connectivity index (χ1n) is 2.78. The molecule has 1 aliphatic rings. The largest absolute Gasteiger partial charge is 0.393 e. The van der Waals surface area contributed by atoms with Crippen molar-refractivity contribution < 1.29 is 14.3 Å². The van der Waals surface area contributed by atoms with E-state index in [9.17, 15) is 14.5 Å². The Morgan fingerprint density at radius 2 is 1.80 bits per heavy atom.